The first kappa shape index (κ1) is 13.7. The van der Waals surface area contributed by atoms with E-state index in [1.165, 1.54) is 7.11 Å². The van der Waals surface area contributed by atoms with E-state index in [4.69, 9.17) is 4.74 Å². The maximum absolute atomic E-state index is 11.8. The van der Waals surface area contributed by atoms with Crippen LogP contribution in [0, 0.1) is 0 Å². The highest BCUT2D eigenvalue weighted by Crippen LogP contribution is 2.18. The number of hydrogen-bond donors (Lipinski definition) is 0. The van der Waals surface area contributed by atoms with E-state index in [1.807, 2.05) is 37.4 Å². The number of esters is 1. The minimum Gasteiger partial charge on any atom is -0.469 e. The summed E-state index contributed by atoms with van der Waals surface area (Å²) in [5, 5.41) is 0. The maximum atomic E-state index is 11.8. The Bertz CT molecular complexity index is 337. The van der Waals surface area contributed by atoms with E-state index in [9.17, 15) is 4.79 Å². The first-order chi connectivity index (χ1) is 8.19. The molecule has 0 aliphatic carbocycles. The fourth-order valence-corrected chi connectivity index (χ4v) is 1.93. The quantitative estimate of drug-likeness (QED) is 0.708. The minimum atomic E-state index is -0.197. The molecule has 94 valence electrons. The highest BCUT2D eigenvalue weighted by atomic mass is 16.5. The topological polar surface area (TPSA) is 29.5 Å². The molecule has 0 aromatic heterocycles. The highest BCUT2D eigenvalue weighted by Gasteiger charge is 2.22. The van der Waals surface area contributed by atoms with E-state index in [0.717, 1.165) is 18.5 Å². The average molecular weight is 235 g/mol. The van der Waals surface area contributed by atoms with Crippen molar-refractivity contribution in [1.82, 2.24) is 4.90 Å². The number of likely N-dealkylation sites (N-methyl/N-ethyl adjacent to an activating group) is 1. The Morgan fingerprint density at radius 3 is 2.53 bits per heavy atom. The summed E-state index contributed by atoms with van der Waals surface area (Å²) in [6.07, 6.45) is 1.08. The molecule has 0 aliphatic rings. The molecule has 17 heavy (non-hydrogen) atoms. The Balaban J connectivity index is 2.78. The smallest absolute Gasteiger partial charge is 0.314 e. The third-order valence-electron chi connectivity index (χ3n) is 2.79. The van der Waals surface area contributed by atoms with Crippen molar-refractivity contribution in [2.45, 2.75) is 19.3 Å². The van der Waals surface area contributed by atoms with E-state index in [2.05, 4.69) is 11.8 Å². The van der Waals surface area contributed by atoms with Crippen LogP contribution in [0.25, 0.3) is 0 Å². The van der Waals surface area contributed by atoms with Gasteiger partial charge < -0.3 is 9.64 Å². The second-order valence-electron chi connectivity index (χ2n) is 4.25. The lowest BCUT2D eigenvalue weighted by Gasteiger charge is -2.22. The molecule has 0 bridgehead atoms. The summed E-state index contributed by atoms with van der Waals surface area (Å²) in [7, 11) is 3.47. The van der Waals surface area contributed by atoms with Crippen LogP contribution in [0.4, 0.5) is 0 Å². The molecule has 0 amide bonds. The molecule has 1 rings (SSSR count). The molecule has 0 saturated heterocycles. The molecule has 0 heterocycles. The van der Waals surface area contributed by atoms with Gasteiger partial charge in [-0.15, -0.1) is 0 Å². The fourth-order valence-electron chi connectivity index (χ4n) is 1.93. The van der Waals surface area contributed by atoms with Gasteiger partial charge in [0.25, 0.3) is 0 Å². The third-order valence-corrected chi connectivity index (χ3v) is 2.79. The molecule has 0 N–H and O–H groups in total. The van der Waals surface area contributed by atoms with Crippen LogP contribution < -0.4 is 0 Å². The summed E-state index contributed by atoms with van der Waals surface area (Å²) in [4.78, 5) is 14.0. The van der Waals surface area contributed by atoms with Crippen LogP contribution in [0.5, 0.6) is 0 Å². The lowest BCUT2D eigenvalue weighted by atomic mass is 9.99. The first-order valence-electron chi connectivity index (χ1n) is 6.00. The van der Waals surface area contributed by atoms with Crippen LogP contribution in [-0.4, -0.2) is 38.1 Å². The average Bonchev–Trinajstić information content (AvgIpc) is 2.36. The van der Waals surface area contributed by atoms with E-state index >= 15 is 0 Å². The standard InChI is InChI=1S/C14H21NO2/c1-4-10-15(2)11-13(14(16)17-3)12-8-6-5-7-9-12/h5-9,13H,4,10-11H2,1-3H3. The number of methoxy groups -OCH3 is 1. The molecular formula is C14H21NO2. The predicted octanol–water partition coefficient (Wildman–Crippen LogP) is 2.29. The van der Waals surface area contributed by atoms with Gasteiger partial charge >= 0.3 is 5.97 Å². The van der Waals surface area contributed by atoms with E-state index in [-0.39, 0.29) is 11.9 Å². The summed E-state index contributed by atoms with van der Waals surface area (Å²) < 4.78 is 4.88. The van der Waals surface area contributed by atoms with Gasteiger partial charge in [-0.2, -0.15) is 0 Å². The highest BCUT2D eigenvalue weighted by molar-refractivity contribution is 5.78. The van der Waals surface area contributed by atoms with Crippen LogP contribution >= 0.6 is 0 Å². The Labute approximate surface area is 103 Å². The van der Waals surface area contributed by atoms with Gasteiger partial charge in [0, 0.05) is 6.54 Å². The van der Waals surface area contributed by atoms with Crippen molar-refractivity contribution in [1.29, 1.82) is 0 Å². The SMILES string of the molecule is CCCN(C)CC(C(=O)OC)c1ccccc1. The summed E-state index contributed by atoms with van der Waals surface area (Å²) in [5.41, 5.74) is 1.02. The molecule has 1 unspecified atom stereocenters. The first-order valence-corrected chi connectivity index (χ1v) is 6.00. The van der Waals surface area contributed by atoms with Crippen molar-refractivity contribution in [3.05, 3.63) is 35.9 Å². The number of carbonyl (C=O) groups excluding carboxylic acids is 1. The second kappa shape index (κ2) is 7.07. The minimum absolute atomic E-state index is 0.167. The number of hydrogen-bond acceptors (Lipinski definition) is 3. The van der Waals surface area contributed by atoms with Crippen LogP contribution in [0.15, 0.2) is 30.3 Å². The molecule has 0 radical (unpaired) electrons. The monoisotopic (exact) mass is 235 g/mol. The van der Waals surface area contributed by atoms with Crippen LogP contribution in [0.3, 0.4) is 0 Å². The van der Waals surface area contributed by atoms with Gasteiger partial charge in [-0.05, 0) is 25.6 Å². The van der Waals surface area contributed by atoms with Crippen LogP contribution in [0.2, 0.25) is 0 Å². The zero-order valence-corrected chi connectivity index (χ0v) is 10.8. The predicted molar refractivity (Wildman–Crippen MR) is 69.0 cm³/mol. The summed E-state index contributed by atoms with van der Waals surface area (Å²) in [6.45, 7) is 3.82. The molecule has 0 fully saturated rings. The van der Waals surface area contributed by atoms with Gasteiger partial charge in [0.15, 0.2) is 0 Å². The second-order valence-corrected chi connectivity index (χ2v) is 4.25. The van der Waals surface area contributed by atoms with Crippen molar-refractivity contribution in [3.8, 4) is 0 Å². The van der Waals surface area contributed by atoms with Gasteiger partial charge in [-0.3, -0.25) is 4.79 Å². The summed E-state index contributed by atoms with van der Waals surface area (Å²) in [5.74, 6) is -0.364. The van der Waals surface area contributed by atoms with E-state index in [1.54, 1.807) is 0 Å². The molecule has 0 spiro atoms. The molecule has 3 nitrogen and oxygen atoms in total. The third kappa shape index (κ3) is 4.19. The van der Waals surface area contributed by atoms with Gasteiger partial charge in [0.05, 0.1) is 13.0 Å². The lowest BCUT2D eigenvalue weighted by Crippen LogP contribution is -2.30. The van der Waals surface area contributed by atoms with Crippen molar-refractivity contribution in [2.75, 3.05) is 27.2 Å². The van der Waals surface area contributed by atoms with E-state index in [0.29, 0.717) is 6.54 Å². The van der Waals surface area contributed by atoms with Gasteiger partial charge in [0.2, 0.25) is 0 Å². The zero-order valence-electron chi connectivity index (χ0n) is 10.8. The van der Waals surface area contributed by atoms with Gasteiger partial charge in [-0.25, -0.2) is 0 Å². The van der Waals surface area contributed by atoms with Gasteiger partial charge in [0.1, 0.15) is 0 Å². The number of carbonyl (C=O) groups is 1. The number of benzene rings is 1. The van der Waals surface area contributed by atoms with E-state index < -0.39 is 0 Å². The van der Waals surface area contributed by atoms with Crippen molar-refractivity contribution < 1.29 is 9.53 Å². The van der Waals surface area contributed by atoms with Gasteiger partial charge in [-0.1, -0.05) is 37.3 Å². The maximum Gasteiger partial charge on any atom is 0.314 e. The van der Waals surface area contributed by atoms with Crippen molar-refractivity contribution in [3.63, 3.8) is 0 Å². The number of nitrogens with zero attached hydrogens (tertiary/aromatic N) is 1. The summed E-state index contributed by atoms with van der Waals surface area (Å²) in [6, 6.07) is 9.80. The molecule has 0 aliphatic heterocycles. The van der Waals surface area contributed by atoms with Crippen LogP contribution in [0.1, 0.15) is 24.8 Å². The Hall–Kier alpha value is -1.35. The Kier molecular flexibility index (Phi) is 5.70. The molecule has 1 aromatic rings. The largest absolute Gasteiger partial charge is 0.469 e. The van der Waals surface area contributed by atoms with Crippen molar-refractivity contribution in [2.24, 2.45) is 0 Å². The molecule has 0 saturated carbocycles. The molecular weight excluding hydrogens is 214 g/mol. The zero-order chi connectivity index (χ0) is 12.7. The molecule has 1 atom stereocenters. The van der Waals surface area contributed by atoms with Crippen molar-refractivity contribution >= 4 is 5.97 Å². The number of ether oxygens (including phenoxy) is 1. The van der Waals surface area contributed by atoms with Crippen LogP contribution in [-0.2, 0) is 9.53 Å². The lowest BCUT2D eigenvalue weighted by molar-refractivity contribution is -0.142. The molecule has 1 aromatic carbocycles. The fraction of sp³-hybridized carbons (Fsp3) is 0.500. The normalized spacial score (nSPS) is 12.5. The number of rotatable bonds is 6. The summed E-state index contributed by atoms with van der Waals surface area (Å²) >= 11 is 0. The molecule has 3 heteroatoms. The Morgan fingerprint density at radius 2 is 2.00 bits per heavy atom. The Morgan fingerprint density at radius 1 is 1.35 bits per heavy atom.